The van der Waals surface area contributed by atoms with Gasteiger partial charge in [-0.3, -0.25) is 19.7 Å². The molecule has 0 heterocycles. The van der Waals surface area contributed by atoms with Gasteiger partial charge in [0.15, 0.2) is 6.61 Å². The normalized spacial score (nSPS) is 11.5. The van der Waals surface area contributed by atoms with Gasteiger partial charge in [0.05, 0.1) is 4.92 Å². The van der Waals surface area contributed by atoms with Crippen LogP contribution >= 0.6 is 11.8 Å². The van der Waals surface area contributed by atoms with Crippen LogP contribution < -0.4 is 5.32 Å². The maximum absolute atomic E-state index is 12.0. The Kier molecular flexibility index (Phi) is 6.74. The third kappa shape index (κ3) is 5.89. The molecule has 0 aliphatic carbocycles. The lowest BCUT2D eigenvalue weighted by molar-refractivity contribution is -0.384. The fourth-order valence-electron chi connectivity index (χ4n) is 2.07. The molecule has 0 unspecified atom stereocenters. The predicted molar refractivity (Wildman–Crippen MR) is 99.2 cm³/mol. The van der Waals surface area contributed by atoms with Gasteiger partial charge < -0.3 is 10.1 Å². The van der Waals surface area contributed by atoms with E-state index in [2.05, 4.69) is 5.32 Å². The number of nitro benzene ring substituents is 1. The summed E-state index contributed by atoms with van der Waals surface area (Å²) in [6.07, 6.45) is 0. The number of hydrogen-bond acceptors (Lipinski definition) is 6. The quantitative estimate of drug-likeness (QED) is 0.344. The van der Waals surface area contributed by atoms with Gasteiger partial charge in [0, 0.05) is 22.7 Å². The molecule has 26 heavy (non-hydrogen) atoms. The highest BCUT2D eigenvalue weighted by Gasteiger charge is 2.18. The van der Waals surface area contributed by atoms with Crippen molar-refractivity contribution in [3.8, 4) is 0 Å². The summed E-state index contributed by atoms with van der Waals surface area (Å²) < 4.78 is 5.02. The number of aryl methyl sites for hydroxylation is 1. The lowest BCUT2D eigenvalue weighted by Crippen LogP contribution is -2.24. The van der Waals surface area contributed by atoms with Gasteiger partial charge in [0.25, 0.3) is 11.6 Å². The van der Waals surface area contributed by atoms with Gasteiger partial charge in [0.2, 0.25) is 0 Å². The minimum atomic E-state index is -0.553. The number of thioether (sulfide) groups is 1. The van der Waals surface area contributed by atoms with Crippen molar-refractivity contribution in [3.05, 3.63) is 64.2 Å². The molecule has 1 amide bonds. The van der Waals surface area contributed by atoms with Crippen molar-refractivity contribution in [2.75, 3.05) is 11.9 Å². The van der Waals surface area contributed by atoms with Gasteiger partial charge in [-0.25, -0.2) is 0 Å². The van der Waals surface area contributed by atoms with Gasteiger partial charge in [0.1, 0.15) is 5.25 Å². The van der Waals surface area contributed by atoms with Crippen LogP contribution in [0.15, 0.2) is 53.4 Å². The Morgan fingerprint density at radius 1 is 1.23 bits per heavy atom. The van der Waals surface area contributed by atoms with E-state index in [0.29, 0.717) is 10.6 Å². The zero-order valence-electron chi connectivity index (χ0n) is 14.3. The predicted octanol–water partition coefficient (Wildman–Crippen LogP) is 3.57. The number of hydrogen-bond donors (Lipinski definition) is 1. The van der Waals surface area contributed by atoms with Crippen molar-refractivity contribution in [2.45, 2.75) is 24.0 Å². The van der Waals surface area contributed by atoms with E-state index in [0.717, 1.165) is 5.56 Å². The zero-order chi connectivity index (χ0) is 19.1. The molecule has 2 aromatic rings. The van der Waals surface area contributed by atoms with E-state index in [1.807, 2.05) is 25.1 Å². The maximum atomic E-state index is 12.0. The molecule has 136 valence electrons. The minimum Gasteiger partial charge on any atom is -0.455 e. The third-order valence-corrected chi connectivity index (χ3v) is 4.43. The molecule has 8 heteroatoms. The van der Waals surface area contributed by atoms with Crippen molar-refractivity contribution < 1.29 is 19.2 Å². The lowest BCUT2D eigenvalue weighted by Gasteiger charge is -2.11. The first-order valence-corrected chi connectivity index (χ1v) is 8.67. The van der Waals surface area contributed by atoms with Crippen molar-refractivity contribution in [2.24, 2.45) is 0 Å². The summed E-state index contributed by atoms with van der Waals surface area (Å²) in [4.78, 5) is 34.7. The van der Waals surface area contributed by atoms with Crippen molar-refractivity contribution in [1.29, 1.82) is 0 Å². The SMILES string of the molecule is Cc1cccc(NC(=O)COC(=O)[C@@H](C)Sc2ccc([N+](=O)[O-])cc2)c1. The van der Waals surface area contributed by atoms with Crippen molar-refractivity contribution >= 4 is 35.0 Å². The summed E-state index contributed by atoms with van der Waals surface area (Å²) in [5.41, 5.74) is 1.63. The molecule has 2 aromatic carbocycles. The Morgan fingerprint density at radius 3 is 2.54 bits per heavy atom. The van der Waals surface area contributed by atoms with Gasteiger partial charge >= 0.3 is 5.97 Å². The van der Waals surface area contributed by atoms with Crippen molar-refractivity contribution in [3.63, 3.8) is 0 Å². The van der Waals surface area contributed by atoms with Crippen LogP contribution in [0.25, 0.3) is 0 Å². The molecule has 1 N–H and O–H groups in total. The average molecular weight is 374 g/mol. The fourth-order valence-corrected chi connectivity index (χ4v) is 2.94. The highest BCUT2D eigenvalue weighted by molar-refractivity contribution is 8.00. The number of carbonyl (C=O) groups is 2. The molecule has 0 bridgehead atoms. The van der Waals surface area contributed by atoms with Crippen LogP contribution in [0, 0.1) is 17.0 Å². The maximum Gasteiger partial charge on any atom is 0.319 e. The minimum absolute atomic E-state index is 0.0163. The number of rotatable bonds is 7. The van der Waals surface area contributed by atoms with Crippen molar-refractivity contribution in [1.82, 2.24) is 0 Å². The molecule has 0 radical (unpaired) electrons. The number of esters is 1. The standard InChI is InChI=1S/C18H18N2O5S/c1-12-4-3-5-14(10-12)19-17(21)11-25-18(22)13(2)26-16-8-6-15(7-9-16)20(23)24/h3-10,13H,11H2,1-2H3,(H,19,21)/t13-/m1/s1. The largest absolute Gasteiger partial charge is 0.455 e. The number of non-ortho nitro benzene ring substituents is 1. The number of carbonyl (C=O) groups excluding carboxylic acids is 2. The van der Waals surface area contributed by atoms with Crippen LogP contribution in [0.4, 0.5) is 11.4 Å². The van der Waals surface area contributed by atoms with E-state index < -0.39 is 22.0 Å². The summed E-state index contributed by atoms with van der Waals surface area (Å²) in [7, 11) is 0. The van der Waals surface area contributed by atoms with E-state index in [4.69, 9.17) is 4.74 Å². The number of benzene rings is 2. The highest BCUT2D eigenvalue weighted by atomic mass is 32.2. The van der Waals surface area contributed by atoms with Gasteiger partial charge in [-0.2, -0.15) is 0 Å². The van der Waals surface area contributed by atoms with Gasteiger partial charge in [-0.05, 0) is 43.7 Å². The Hall–Kier alpha value is -2.87. The number of nitrogens with one attached hydrogen (secondary N) is 1. The molecular formula is C18H18N2O5S. The summed E-state index contributed by atoms with van der Waals surface area (Å²) in [6, 6.07) is 13.2. The summed E-state index contributed by atoms with van der Waals surface area (Å²) in [6.45, 7) is 3.18. The Morgan fingerprint density at radius 2 is 1.92 bits per heavy atom. The van der Waals surface area contributed by atoms with E-state index in [1.165, 1.54) is 23.9 Å². The first-order chi connectivity index (χ1) is 12.3. The molecule has 0 fully saturated rings. The van der Waals surface area contributed by atoms with Crippen LogP contribution in [0.2, 0.25) is 0 Å². The Labute approximate surface area is 154 Å². The molecule has 0 saturated carbocycles. The molecule has 0 aromatic heterocycles. The topological polar surface area (TPSA) is 98.5 Å². The molecule has 2 rings (SSSR count). The molecule has 1 atom stereocenters. The van der Waals surface area contributed by atoms with Gasteiger partial charge in [-0.1, -0.05) is 12.1 Å². The Balaban J connectivity index is 1.81. The van der Waals surface area contributed by atoms with Crippen LogP contribution in [0.3, 0.4) is 0 Å². The average Bonchev–Trinajstić information content (AvgIpc) is 2.60. The van der Waals surface area contributed by atoms with E-state index in [-0.39, 0.29) is 12.3 Å². The molecule has 0 saturated heterocycles. The molecule has 0 spiro atoms. The molecule has 0 aliphatic rings. The second-order valence-electron chi connectivity index (χ2n) is 5.54. The van der Waals surface area contributed by atoms with Gasteiger partial charge in [-0.15, -0.1) is 11.8 Å². The first-order valence-electron chi connectivity index (χ1n) is 7.79. The van der Waals surface area contributed by atoms with Crippen LogP contribution in [0.5, 0.6) is 0 Å². The van der Waals surface area contributed by atoms with Crippen LogP contribution in [-0.4, -0.2) is 28.7 Å². The number of nitrogens with zero attached hydrogens (tertiary/aromatic N) is 1. The first kappa shape index (κ1) is 19.5. The molecular weight excluding hydrogens is 356 g/mol. The Bertz CT molecular complexity index is 807. The van der Waals surface area contributed by atoms with Crippen LogP contribution in [0.1, 0.15) is 12.5 Å². The second kappa shape index (κ2) is 9.00. The fraction of sp³-hybridized carbons (Fsp3) is 0.222. The zero-order valence-corrected chi connectivity index (χ0v) is 15.1. The third-order valence-electron chi connectivity index (χ3n) is 3.34. The number of nitro groups is 1. The van der Waals surface area contributed by atoms with E-state index >= 15 is 0 Å². The summed E-state index contributed by atoms with van der Waals surface area (Å²) in [5.74, 6) is -0.954. The smallest absolute Gasteiger partial charge is 0.319 e. The number of ether oxygens (including phenoxy) is 1. The second-order valence-corrected chi connectivity index (χ2v) is 6.95. The molecule has 0 aliphatic heterocycles. The summed E-state index contributed by atoms with van der Waals surface area (Å²) in [5, 5.41) is 12.7. The summed E-state index contributed by atoms with van der Waals surface area (Å²) >= 11 is 1.20. The van der Waals surface area contributed by atoms with Crippen LogP contribution in [-0.2, 0) is 14.3 Å². The number of amides is 1. The monoisotopic (exact) mass is 374 g/mol. The lowest BCUT2D eigenvalue weighted by atomic mass is 10.2. The van der Waals surface area contributed by atoms with E-state index in [1.54, 1.807) is 25.1 Å². The number of anilines is 1. The van der Waals surface area contributed by atoms with E-state index in [9.17, 15) is 19.7 Å². The molecule has 7 nitrogen and oxygen atoms in total. The highest BCUT2D eigenvalue weighted by Crippen LogP contribution is 2.26.